The summed E-state index contributed by atoms with van der Waals surface area (Å²) >= 11 is 3.18. The van der Waals surface area contributed by atoms with Crippen LogP contribution in [-0.2, 0) is 6.54 Å². The van der Waals surface area contributed by atoms with Crippen LogP contribution in [0.4, 0.5) is 0 Å². The molecule has 0 aliphatic heterocycles. The lowest BCUT2D eigenvalue weighted by atomic mass is 10.4. The molecule has 0 saturated heterocycles. The van der Waals surface area contributed by atoms with E-state index in [1.807, 2.05) is 39.7 Å². The number of fused-ring (bicyclic) bond motifs is 1. The van der Waals surface area contributed by atoms with Crippen LogP contribution in [0.5, 0.6) is 0 Å². The molecule has 0 atom stereocenters. The Kier molecular flexibility index (Phi) is 2.64. The molecule has 0 aromatic carbocycles. The summed E-state index contributed by atoms with van der Waals surface area (Å²) in [5.74, 6) is 0.801. The summed E-state index contributed by atoms with van der Waals surface area (Å²) in [7, 11) is 0. The molecule has 100 valence electrons. The van der Waals surface area contributed by atoms with Crippen LogP contribution < -0.4 is 0 Å². The molecule has 0 aliphatic rings. The summed E-state index contributed by atoms with van der Waals surface area (Å²) < 4.78 is 3.74. The van der Waals surface area contributed by atoms with Gasteiger partial charge >= 0.3 is 0 Å². The summed E-state index contributed by atoms with van der Waals surface area (Å²) in [6, 6.07) is 6.01. The first-order valence-corrected chi connectivity index (χ1v) is 7.74. The lowest BCUT2D eigenvalue weighted by molar-refractivity contribution is 0.653. The average Bonchev–Trinajstić information content (AvgIpc) is 3.15. The second-order valence-corrected chi connectivity index (χ2v) is 6.31. The van der Waals surface area contributed by atoms with Gasteiger partial charge in [-0.05, 0) is 24.4 Å². The molecule has 0 radical (unpaired) electrons. The van der Waals surface area contributed by atoms with Crippen LogP contribution in [0, 0.1) is 6.92 Å². The molecule has 0 bridgehead atoms. The van der Waals surface area contributed by atoms with Crippen LogP contribution in [0.25, 0.3) is 15.7 Å². The van der Waals surface area contributed by atoms with Crippen molar-refractivity contribution in [3.8, 4) is 10.7 Å². The van der Waals surface area contributed by atoms with Gasteiger partial charge in [-0.2, -0.15) is 14.7 Å². The van der Waals surface area contributed by atoms with Gasteiger partial charge in [-0.3, -0.25) is 4.68 Å². The normalized spacial score (nSPS) is 11.4. The van der Waals surface area contributed by atoms with Gasteiger partial charge in [0.15, 0.2) is 5.82 Å². The third kappa shape index (κ3) is 1.84. The molecule has 4 heterocycles. The fourth-order valence-corrected chi connectivity index (χ4v) is 3.48. The van der Waals surface area contributed by atoms with Crippen molar-refractivity contribution < 1.29 is 0 Å². The molecule has 8 heteroatoms. The van der Waals surface area contributed by atoms with E-state index in [9.17, 15) is 0 Å². The number of aromatic nitrogens is 6. The molecule has 20 heavy (non-hydrogen) atoms. The summed E-state index contributed by atoms with van der Waals surface area (Å²) in [6.07, 6.45) is 1.80. The Balaban J connectivity index is 1.75. The van der Waals surface area contributed by atoms with Gasteiger partial charge in [0.1, 0.15) is 5.01 Å². The zero-order valence-electron chi connectivity index (χ0n) is 10.6. The van der Waals surface area contributed by atoms with Crippen molar-refractivity contribution in [1.29, 1.82) is 0 Å². The van der Waals surface area contributed by atoms with E-state index < -0.39 is 0 Å². The molecular formula is C12H10N6S2. The zero-order chi connectivity index (χ0) is 13.5. The fourth-order valence-electron chi connectivity index (χ4n) is 1.97. The van der Waals surface area contributed by atoms with E-state index >= 15 is 0 Å². The number of rotatable bonds is 3. The average molecular weight is 302 g/mol. The Morgan fingerprint density at radius 2 is 2.20 bits per heavy atom. The molecule has 0 saturated carbocycles. The number of nitrogens with zero attached hydrogens (tertiary/aromatic N) is 6. The van der Waals surface area contributed by atoms with Crippen molar-refractivity contribution in [3.63, 3.8) is 0 Å². The van der Waals surface area contributed by atoms with E-state index in [0.29, 0.717) is 6.54 Å². The Morgan fingerprint density at radius 3 is 2.95 bits per heavy atom. The van der Waals surface area contributed by atoms with Gasteiger partial charge < -0.3 is 0 Å². The highest BCUT2D eigenvalue weighted by atomic mass is 32.1. The lowest BCUT2D eigenvalue weighted by Crippen LogP contribution is -2.03. The van der Waals surface area contributed by atoms with Crippen molar-refractivity contribution in [2.75, 3.05) is 0 Å². The van der Waals surface area contributed by atoms with Gasteiger partial charge in [0.2, 0.25) is 4.96 Å². The standard InChI is InChI=1S/C12H10N6S2/c1-8-4-5-13-17(8)7-10-16-18-11(9-3-2-6-19-9)14-15-12(18)20-10/h2-6H,7H2,1H3. The van der Waals surface area contributed by atoms with Gasteiger partial charge in [0.05, 0.1) is 11.4 Å². The van der Waals surface area contributed by atoms with E-state index in [2.05, 4.69) is 20.4 Å². The third-order valence-electron chi connectivity index (χ3n) is 2.99. The van der Waals surface area contributed by atoms with E-state index in [1.165, 1.54) is 0 Å². The SMILES string of the molecule is Cc1ccnn1Cc1nn2c(-c3cccs3)nnc2s1. The van der Waals surface area contributed by atoms with Gasteiger partial charge in [0.25, 0.3) is 0 Å². The highest BCUT2D eigenvalue weighted by Crippen LogP contribution is 2.25. The molecule has 4 aromatic rings. The predicted octanol–water partition coefficient (Wildman–Crippen LogP) is 2.47. The topological polar surface area (TPSA) is 60.9 Å². The molecule has 4 aromatic heterocycles. The highest BCUT2D eigenvalue weighted by molar-refractivity contribution is 7.16. The van der Waals surface area contributed by atoms with Crippen LogP contribution in [0.1, 0.15) is 10.7 Å². The van der Waals surface area contributed by atoms with E-state index in [4.69, 9.17) is 0 Å². The molecule has 0 unspecified atom stereocenters. The van der Waals surface area contributed by atoms with Gasteiger partial charge in [-0.1, -0.05) is 17.4 Å². The smallest absolute Gasteiger partial charge is 0.235 e. The van der Waals surface area contributed by atoms with Crippen molar-refractivity contribution in [3.05, 3.63) is 40.5 Å². The van der Waals surface area contributed by atoms with Crippen LogP contribution in [0.2, 0.25) is 0 Å². The number of hydrogen-bond acceptors (Lipinski definition) is 6. The van der Waals surface area contributed by atoms with E-state index in [1.54, 1.807) is 28.9 Å². The molecule has 0 amide bonds. The Morgan fingerprint density at radius 1 is 1.25 bits per heavy atom. The van der Waals surface area contributed by atoms with Crippen molar-refractivity contribution in [2.45, 2.75) is 13.5 Å². The second-order valence-electron chi connectivity index (χ2n) is 4.32. The molecule has 0 N–H and O–H groups in total. The summed E-state index contributed by atoms with van der Waals surface area (Å²) in [5.41, 5.74) is 1.12. The first-order chi connectivity index (χ1) is 9.81. The van der Waals surface area contributed by atoms with Gasteiger partial charge in [0, 0.05) is 11.9 Å². The Hall–Kier alpha value is -2.06. The molecule has 0 aliphatic carbocycles. The van der Waals surface area contributed by atoms with Crippen LogP contribution >= 0.6 is 22.7 Å². The quantitative estimate of drug-likeness (QED) is 0.583. The summed E-state index contributed by atoms with van der Waals surface area (Å²) in [4.78, 5) is 1.89. The predicted molar refractivity (Wildman–Crippen MR) is 78.0 cm³/mol. The van der Waals surface area contributed by atoms with Crippen molar-refractivity contribution in [2.24, 2.45) is 0 Å². The highest BCUT2D eigenvalue weighted by Gasteiger charge is 2.14. The maximum absolute atomic E-state index is 4.60. The largest absolute Gasteiger partial charge is 0.263 e. The minimum absolute atomic E-state index is 0.663. The first-order valence-electron chi connectivity index (χ1n) is 6.05. The Labute approximate surface area is 122 Å². The molecule has 0 spiro atoms. The van der Waals surface area contributed by atoms with Gasteiger partial charge in [-0.25, -0.2) is 0 Å². The molecule has 0 fully saturated rings. The van der Waals surface area contributed by atoms with Crippen LogP contribution in [-0.4, -0.2) is 29.6 Å². The van der Waals surface area contributed by atoms with Crippen molar-refractivity contribution >= 4 is 27.6 Å². The molecule has 4 rings (SSSR count). The maximum Gasteiger partial charge on any atom is 0.235 e. The van der Waals surface area contributed by atoms with E-state index in [-0.39, 0.29) is 0 Å². The number of thiophene rings is 1. The molecule has 6 nitrogen and oxygen atoms in total. The summed E-state index contributed by atoms with van der Waals surface area (Å²) in [6.45, 7) is 2.70. The first kappa shape index (κ1) is 11.7. The number of hydrogen-bond donors (Lipinski definition) is 0. The number of aryl methyl sites for hydroxylation is 1. The fraction of sp³-hybridized carbons (Fsp3) is 0.167. The van der Waals surface area contributed by atoms with Crippen LogP contribution in [0.3, 0.4) is 0 Å². The van der Waals surface area contributed by atoms with Crippen LogP contribution in [0.15, 0.2) is 29.8 Å². The Bertz CT molecular complexity index is 854. The third-order valence-corrected chi connectivity index (χ3v) is 4.74. The lowest BCUT2D eigenvalue weighted by Gasteiger charge is -1.99. The second kappa shape index (κ2) is 4.50. The minimum atomic E-state index is 0.663. The maximum atomic E-state index is 4.60. The zero-order valence-corrected chi connectivity index (χ0v) is 12.2. The summed E-state index contributed by atoms with van der Waals surface area (Å²) in [5, 5.41) is 20.3. The minimum Gasteiger partial charge on any atom is -0.263 e. The molecular weight excluding hydrogens is 292 g/mol. The van der Waals surface area contributed by atoms with Crippen molar-refractivity contribution in [1.82, 2.24) is 29.6 Å². The van der Waals surface area contributed by atoms with Gasteiger partial charge in [-0.15, -0.1) is 21.5 Å². The van der Waals surface area contributed by atoms with E-state index in [0.717, 1.165) is 26.4 Å². The monoisotopic (exact) mass is 302 g/mol.